The van der Waals surface area contributed by atoms with E-state index < -0.39 is 11.9 Å². The third-order valence-electron chi connectivity index (χ3n) is 6.36. The van der Waals surface area contributed by atoms with Gasteiger partial charge < -0.3 is 18.9 Å². The number of aryl methyl sites for hydroxylation is 2. The van der Waals surface area contributed by atoms with E-state index in [1.807, 2.05) is 57.2 Å². The lowest BCUT2D eigenvalue weighted by atomic mass is 10.1. The van der Waals surface area contributed by atoms with Gasteiger partial charge in [-0.05, 0) is 67.8 Å². The number of esters is 1. The molecule has 0 aliphatic carbocycles. The van der Waals surface area contributed by atoms with Crippen molar-refractivity contribution in [2.24, 2.45) is 5.92 Å². The van der Waals surface area contributed by atoms with Gasteiger partial charge in [-0.2, -0.15) is 0 Å². The number of hydrogen-bond donors (Lipinski definition) is 0. The summed E-state index contributed by atoms with van der Waals surface area (Å²) in [7, 11) is 0. The molecular weight excluding hydrogens is 420 g/mol. The highest BCUT2D eigenvalue weighted by Gasteiger charge is 2.36. The summed E-state index contributed by atoms with van der Waals surface area (Å²) in [5, 5.41) is 4.03. The van der Waals surface area contributed by atoms with Crippen molar-refractivity contribution in [2.45, 2.75) is 46.3 Å². The topological polar surface area (TPSA) is 81.9 Å². The van der Waals surface area contributed by atoms with Crippen molar-refractivity contribution in [3.63, 3.8) is 0 Å². The molecule has 2 unspecified atom stereocenters. The number of amides is 1. The summed E-state index contributed by atoms with van der Waals surface area (Å²) in [6, 6.07) is 13.6. The zero-order chi connectivity index (χ0) is 23.1. The van der Waals surface area contributed by atoms with Gasteiger partial charge in [-0.15, -0.1) is 0 Å². The molecule has 5 rings (SSSR count). The molecule has 2 atom stereocenters. The van der Waals surface area contributed by atoms with Gasteiger partial charge in [-0.3, -0.25) is 9.59 Å². The molecule has 1 fully saturated rings. The van der Waals surface area contributed by atoms with Crippen molar-refractivity contribution in [3.05, 3.63) is 64.8 Å². The molecule has 170 valence electrons. The van der Waals surface area contributed by atoms with E-state index >= 15 is 0 Å². The number of carbonyl (C=O) groups is 2. The number of carbonyl (C=O) groups excluding carboxylic acids is 2. The fourth-order valence-electron chi connectivity index (χ4n) is 4.36. The Morgan fingerprint density at radius 1 is 1.12 bits per heavy atom. The molecule has 1 saturated heterocycles. The molecule has 0 radical (unpaired) electrons. The van der Waals surface area contributed by atoms with Gasteiger partial charge in [0.1, 0.15) is 24.2 Å². The molecule has 7 nitrogen and oxygen atoms in total. The van der Waals surface area contributed by atoms with Gasteiger partial charge in [0.05, 0.1) is 5.92 Å². The number of anilines is 1. The Morgan fingerprint density at radius 2 is 1.97 bits per heavy atom. The predicted octanol–water partition coefficient (Wildman–Crippen LogP) is 4.38. The molecule has 1 aromatic heterocycles. The second-order valence-corrected chi connectivity index (χ2v) is 8.92. The molecule has 0 spiro atoms. The number of rotatable bonds is 5. The van der Waals surface area contributed by atoms with Crippen molar-refractivity contribution in [3.8, 4) is 17.1 Å². The maximum atomic E-state index is 12.6. The molecule has 3 aromatic rings. The second-order valence-electron chi connectivity index (χ2n) is 8.92. The molecule has 2 aromatic carbocycles. The van der Waals surface area contributed by atoms with E-state index in [1.54, 1.807) is 11.0 Å². The molecule has 0 N–H and O–H groups in total. The first-order valence-electron chi connectivity index (χ1n) is 11.2. The van der Waals surface area contributed by atoms with Gasteiger partial charge >= 0.3 is 5.97 Å². The Labute approximate surface area is 192 Å². The number of fused-ring (bicyclic) bond motifs is 1. The highest BCUT2D eigenvalue weighted by atomic mass is 16.5. The Bertz CT molecular complexity index is 1230. The van der Waals surface area contributed by atoms with Crippen LogP contribution in [-0.2, 0) is 27.4 Å². The second kappa shape index (κ2) is 8.39. The molecule has 0 saturated carbocycles. The summed E-state index contributed by atoms with van der Waals surface area (Å²) in [4.78, 5) is 26.8. The third-order valence-corrected chi connectivity index (χ3v) is 6.36. The quantitative estimate of drug-likeness (QED) is 0.541. The number of ether oxygens (including phenoxy) is 2. The average molecular weight is 447 g/mol. The zero-order valence-electron chi connectivity index (χ0n) is 19.0. The monoisotopic (exact) mass is 446 g/mol. The van der Waals surface area contributed by atoms with Gasteiger partial charge in [0.25, 0.3) is 0 Å². The Morgan fingerprint density at radius 3 is 2.79 bits per heavy atom. The minimum Gasteiger partial charge on any atom is -0.490 e. The van der Waals surface area contributed by atoms with E-state index in [1.165, 1.54) is 0 Å². The number of hydrogen-bond acceptors (Lipinski definition) is 6. The minimum atomic E-state index is -0.496. The standard InChI is InChI=1S/C26H26N2O5/c1-15-4-6-22(8-16(15)2)28-13-20(11-25(28)29)26(30)31-14-21-12-24(33-27-21)18-5-7-23-19(10-18)9-17(3)32-23/h4-8,10,12,17,20H,9,11,13-14H2,1-3H3. The van der Waals surface area contributed by atoms with Crippen molar-refractivity contribution in [2.75, 3.05) is 11.4 Å². The van der Waals surface area contributed by atoms with Crippen LogP contribution >= 0.6 is 0 Å². The van der Waals surface area contributed by atoms with Crippen LogP contribution in [0, 0.1) is 19.8 Å². The van der Waals surface area contributed by atoms with Crippen molar-refractivity contribution < 1.29 is 23.6 Å². The largest absolute Gasteiger partial charge is 0.490 e. The van der Waals surface area contributed by atoms with Crippen molar-refractivity contribution in [1.82, 2.24) is 5.16 Å². The zero-order valence-corrected chi connectivity index (χ0v) is 19.0. The first-order valence-corrected chi connectivity index (χ1v) is 11.2. The first-order chi connectivity index (χ1) is 15.9. The number of aromatic nitrogens is 1. The van der Waals surface area contributed by atoms with Crippen molar-refractivity contribution >= 4 is 17.6 Å². The van der Waals surface area contributed by atoms with Gasteiger partial charge in [-0.25, -0.2) is 0 Å². The van der Waals surface area contributed by atoms with Crippen LogP contribution in [0.2, 0.25) is 0 Å². The van der Waals surface area contributed by atoms with Gasteiger partial charge in [-0.1, -0.05) is 11.2 Å². The van der Waals surface area contributed by atoms with E-state index in [-0.39, 0.29) is 25.0 Å². The molecule has 7 heteroatoms. The van der Waals surface area contributed by atoms with Gasteiger partial charge in [0.2, 0.25) is 5.91 Å². The molecular formula is C26H26N2O5. The van der Waals surface area contributed by atoms with Crippen LogP contribution in [0.25, 0.3) is 11.3 Å². The number of benzene rings is 2. The summed E-state index contributed by atoms with van der Waals surface area (Å²) in [5.41, 5.74) is 5.66. The van der Waals surface area contributed by atoms with Gasteiger partial charge in [0.15, 0.2) is 5.76 Å². The number of nitrogens with zero attached hydrogens (tertiary/aromatic N) is 2. The van der Waals surface area contributed by atoms with Crippen LogP contribution in [0.5, 0.6) is 5.75 Å². The van der Waals surface area contributed by atoms with E-state index in [0.29, 0.717) is 18.0 Å². The summed E-state index contributed by atoms with van der Waals surface area (Å²) in [5.74, 6) is 0.548. The normalized spacial score (nSPS) is 19.5. The van der Waals surface area contributed by atoms with Crippen LogP contribution < -0.4 is 9.64 Å². The molecule has 2 aliphatic heterocycles. The van der Waals surface area contributed by atoms with Gasteiger partial charge in [0, 0.05) is 36.7 Å². The fourth-order valence-corrected chi connectivity index (χ4v) is 4.36. The van der Waals surface area contributed by atoms with Crippen LogP contribution in [0.15, 0.2) is 47.0 Å². The van der Waals surface area contributed by atoms with Crippen LogP contribution in [0.4, 0.5) is 5.69 Å². The van der Waals surface area contributed by atoms with Crippen molar-refractivity contribution in [1.29, 1.82) is 0 Å². The fraction of sp³-hybridized carbons (Fsp3) is 0.346. The summed E-state index contributed by atoms with van der Waals surface area (Å²) >= 11 is 0. The lowest BCUT2D eigenvalue weighted by Crippen LogP contribution is -2.26. The van der Waals surface area contributed by atoms with Crippen LogP contribution in [0.1, 0.15) is 35.7 Å². The lowest BCUT2D eigenvalue weighted by Gasteiger charge is -2.17. The molecule has 1 amide bonds. The van der Waals surface area contributed by atoms with E-state index in [0.717, 1.165) is 40.1 Å². The maximum absolute atomic E-state index is 12.6. The van der Waals surface area contributed by atoms with E-state index in [9.17, 15) is 9.59 Å². The van der Waals surface area contributed by atoms with Crippen LogP contribution in [-0.4, -0.2) is 29.7 Å². The smallest absolute Gasteiger partial charge is 0.311 e. The summed E-state index contributed by atoms with van der Waals surface area (Å²) in [6.45, 7) is 6.40. The first kappa shape index (κ1) is 21.2. The lowest BCUT2D eigenvalue weighted by molar-refractivity contribution is -0.149. The minimum absolute atomic E-state index is 0.00174. The average Bonchev–Trinajstić information content (AvgIpc) is 3.51. The maximum Gasteiger partial charge on any atom is 0.311 e. The summed E-state index contributed by atoms with van der Waals surface area (Å²) in [6.07, 6.45) is 1.18. The molecule has 3 heterocycles. The predicted molar refractivity (Wildman–Crippen MR) is 122 cm³/mol. The third kappa shape index (κ3) is 4.23. The summed E-state index contributed by atoms with van der Waals surface area (Å²) < 4.78 is 16.7. The van der Waals surface area contributed by atoms with E-state index in [2.05, 4.69) is 5.16 Å². The highest BCUT2D eigenvalue weighted by Crippen LogP contribution is 2.33. The Kier molecular flexibility index (Phi) is 5.40. The Balaban J connectivity index is 1.20. The van der Waals surface area contributed by atoms with E-state index in [4.69, 9.17) is 14.0 Å². The SMILES string of the molecule is Cc1ccc(N2CC(C(=O)OCc3cc(-c4ccc5c(c4)CC(C)O5)on3)CC2=O)cc1C. The molecule has 2 aliphatic rings. The highest BCUT2D eigenvalue weighted by molar-refractivity contribution is 5.99. The Hall–Kier alpha value is -3.61. The molecule has 33 heavy (non-hydrogen) atoms. The van der Waals surface area contributed by atoms with Crippen LogP contribution in [0.3, 0.4) is 0 Å². The molecule has 0 bridgehead atoms.